The van der Waals surface area contributed by atoms with Gasteiger partial charge in [-0.2, -0.15) is 0 Å². The lowest BCUT2D eigenvalue weighted by Crippen LogP contribution is -2.47. The van der Waals surface area contributed by atoms with Gasteiger partial charge < -0.3 is 9.73 Å². The van der Waals surface area contributed by atoms with Gasteiger partial charge in [-0.3, -0.25) is 4.90 Å². The van der Waals surface area contributed by atoms with Crippen LogP contribution >= 0.6 is 0 Å². The van der Waals surface area contributed by atoms with Gasteiger partial charge in [-0.25, -0.2) is 0 Å². The van der Waals surface area contributed by atoms with Crippen LogP contribution in [0.2, 0.25) is 0 Å². The first-order valence-corrected chi connectivity index (χ1v) is 6.77. The zero-order valence-electron chi connectivity index (χ0n) is 10.6. The molecule has 0 bridgehead atoms. The quantitative estimate of drug-likeness (QED) is 0.848. The van der Waals surface area contributed by atoms with Crippen LogP contribution in [0.4, 0.5) is 0 Å². The van der Waals surface area contributed by atoms with Crippen LogP contribution in [0.3, 0.4) is 0 Å². The third kappa shape index (κ3) is 2.72. The highest BCUT2D eigenvalue weighted by Crippen LogP contribution is 2.31. The van der Waals surface area contributed by atoms with E-state index >= 15 is 0 Å². The molecule has 0 aromatic carbocycles. The van der Waals surface area contributed by atoms with Gasteiger partial charge in [0.1, 0.15) is 5.76 Å². The number of hydrogen-bond acceptors (Lipinski definition) is 3. The average Bonchev–Trinajstić information content (AvgIpc) is 2.88. The molecule has 3 rings (SSSR count). The molecule has 3 nitrogen and oxygen atoms in total. The summed E-state index contributed by atoms with van der Waals surface area (Å²) < 4.78 is 5.48. The summed E-state index contributed by atoms with van der Waals surface area (Å²) in [5.74, 6) is 1.10. The van der Waals surface area contributed by atoms with Crippen molar-refractivity contribution < 1.29 is 4.42 Å². The van der Waals surface area contributed by atoms with E-state index in [2.05, 4.69) is 23.2 Å². The average molecular weight is 234 g/mol. The van der Waals surface area contributed by atoms with Gasteiger partial charge in [0.05, 0.1) is 12.8 Å². The highest BCUT2D eigenvalue weighted by Gasteiger charge is 2.36. The van der Waals surface area contributed by atoms with E-state index in [0.717, 1.165) is 24.9 Å². The summed E-state index contributed by atoms with van der Waals surface area (Å²) >= 11 is 0. The number of nitrogens with one attached hydrogen (secondary N) is 1. The molecule has 94 valence electrons. The molecule has 0 radical (unpaired) electrons. The second-order valence-electron chi connectivity index (χ2n) is 5.81. The molecule has 3 heteroatoms. The molecule has 1 aliphatic heterocycles. The molecule has 2 aliphatic rings. The van der Waals surface area contributed by atoms with Crippen molar-refractivity contribution in [3.05, 3.63) is 24.2 Å². The molecular formula is C14H22N2O. The van der Waals surface area contributed by atoms with Crippen LogP contribution in [0.5, 0.6) is 0 Å². The minimum atomic E-state index is 0.315. The molecule has 1 saturated heterocycles. The Morgan fingerprint density at radius 3 is 3.00 bits per heavy atom. The number of rotatable bonds is 5. The van der Waals surface area contributed by atoms with Crippen molar-refractivity contribution >= 4 is 0 Å². The molecule has 1 atom stereocenters. The van der Waals surface area contributed by atoms with E-state index < -0.39 is 0 Å². The number of furan rings is 1. The van der Waals surface area contributed by atoms with Crippen LogP contribution in [0.15, 0.2) is 22.8 Å². The smallest absolute Gasteiger partial charge is 0.117 e. The molecule has 1 aromatic heterocycles. The Hall–Kier alpha value is -0.800. The van der Waals surface area contributed by atoms with Crippen LogP contribution < -0.4 is 5.32 Å². The summed E-state index contributed by atoms with van der Waals surface area (Å²) in [6.07, 6.45) is 7.10. The van der Waals surface area contributed by atoms with Gasteiger partial charge in [-0.15, -0.1) is 0 Å². The SMILES string of the molecule is CC1(CN(Cc2ccco2)C2CC2)CCCN1. The van der Waals surface area contributed by atoms with E-state index in [0.29, 0.717) is 5.54 Å². The van der Waals surface area contributed by atoms with Crippen LogP contribution in [0.1, 0.15) is 38.4 Å². The maximum atomic E-state index is 5.48. The first-order valence-electron chi connectivity index (χ1n) is 6.77. The molecule has 0 spiro atoms. The maximum absolute atomic E-state index is 5.48. The number of hydrogen-bond donors (Lipinski definition) is 1. The summed E-state index contributed by atoms with van der Waals surface area (Å²) in [7, 11) is 0. The zero-order valence-corrected chi connectivity index (χ0v) is 10.6. The second-order valence-corrected chi connectivity index (χ2v) is 5.81. The van der Waals surface area contributed by atoms with Gasteiger partial charge in [0.25, 0.3) is 0 Å². The summed E-state index contributed by atoms with van der Waals surface area (Å²) in [5.41, 5.74) is 0.315. The third-order valence-corrected chi connectivity index (χ3v) is 4.01. The minimum Gasteiger partial charge on any atom is -0.468 e. The first-order chi connectivity index (χ1) is 8.25. The number of nitrogens with zero attached hydrogens (tertiary/aromatic N) is 1. The van der Waals surface area contributed by atoms with E-state index in [1.807, 2.05) is 6.07 Å². The summed E-state index contributed by atoms with van der Waals surface area (Å²) in [5, 5.41) is 3.65. The van der Waals surface area contributed by atoms with E-state index in [9.17, 15) is 0 Å². The molecule has 1 unspecified atom stereocenters. The largest absolute Gasteiger partial charge is 0.468 e. The first kappa shape index (κ1) is 11.3. The fourth-order valence-corrected chi connectivity index (χ4v) is 2.90. The highest BCUT2D eigenvalue weighted by molar-refractivity contribution is 5.02. The summed E-state index contributed by atoms with van der Waals surface area (Å²) in [6.45, 7) is 5.65. The van der Waals surface area contributed by atoms with Gasteiger partial charge >= 0.3 is 0 Å². The molecule has 1 saturated carbocycles. The van der Waals surface area contributed by atoms with Crippen molar-refractivity contribution in [2.75, 3.05) is 13.1 Å². The predicted molar refractivity (Wildman–Crippen MR) is 67.8 cm³/mol. The molecule has 1 aliphatic carbocycles. The second kappa shape index (κ2) is 4.46. The standard InChI is InChI=1S/C14H22N2O/c1-14(7-3-8-15-14)11-16(12-5-6-12)10-13-4-2-9-17-13/h2,4,9,12,15H,3,5-8,10-11H2,1H3. The molecule has 17 heavy (non-hydrogen) atoms. The lowest BCUT2D eigenvalue weighted by atomic mass is 9.99. The lowest BCUT2D eigenvalue weighted by Gasteiger charge is -2.32. The van der Waals surface area contributed by atoms with Crippen molar-refractivity contribution in [3.63, 3.8) is 0 Å². The molecule has 1 N–H and O–H groups in total. The minimum absolute atomic E-state index is 0.315. The summed E-state index contributed by atoms with van der Waals surface area (Å²) in [4.78, 5) is 2.59. The monoisotopic (exact) mass is 234 g/mol. The Labute approximate surface area is 103 Å². The lowest BCUT2D eigenvalue weighted by molar-refractivity contribution is 0.175. The maximum Gasteiger partial charge on any atom is 0.117 e. The Morgan fingerprint density at radius 1 is 1.53 bits per heavy atom. The van der Waals surface area contributed by atoms with Crippen molar-refractivity contribution in [1.82, 2.24) is 10.2 Å². The molecule has 2 heterocycles. The van der Waals surface area contributed by atoms with Crippen molar-refractivity contribution in [3.8, 4) is 0 Å². The molecular weight excluding hydrogens is 212 g/mol. The fraction of sp³-hybridized carbons (Fsp3) is 0.714. The van der Waals surface area contributed by atoms with Gasteiger partial charge in [0.15, 0.2) is 0 Å². The van der Waals surface area contributed by atoms with Crippen LogP contribution in [-0.2, 0) is 6.54 Å². The van der Waals surface area contributed by atoms with E-state index in [1.54, 1.807) is 6.26 Å². The molecule has 0 amide bonds. The molecule has 1 aromatic rings. The van der Waals surface area contributed by atoms with Gasteiger partial charge in [-0.1, -0.05) is 0 Å². The highest BCUT2D eigenvalue weighted by atomic mass is 16.3. The zero-order chi connectivity index (χ0) is 11.7. The van der Waals surface area contributed by atoms with Crippen molar-refractivity contribution in [1.29, 1.82) is 0 Å². The van der Waals surface area contributed by atoms with E-state index in [-0.39, 0.29) is 0 Å². The van der Waals surface area contributed by atoms with E-state index in [1.165, 1.54) is 32.2 Å². The van der Waals surface area contributed by atoms with Crippen molar-refractivity contribution in [2.24, 2.45) is 0 Å². The Bertz CT molecular complexity index is 350. The van der Waals surface area contributed by atoms with Crippen LogP contribution in [0, 0.1) is 0 Å². The Balaban J connectivity index is 1.64. The van der Waals surface area contributed by atoms with Gasteiger partial charge in [0, 0.05) is 18.1 Å². The van der Waals surface area contributed by atoms with Crippen LogP contribution in [0.25, 0.3) is 0 Å². The fourth-order valence-electron chi connectivity index (χ4n) is 2.90. The Morgan fingerprint density at radius 2 is 2.41 bits per heavy atom. The Kier molecular flexibility index (Phi) is 2.97. The van der Waals surface area contributed by atoms with E-state index in [4.69, 9.17) is 4.42 Å². The van der Waals surface area contributed by atoms with Crippen molar-refractivity contribution in [2.45, 2.75) is 50.7 Å². The normalized spacial score (nSPS) is 29.1. The molecule has 2 fully saturated rings. The van der Waals surface area contributed by atoms with Gasteiger partial charge in [0.2, 0.25) is 0 Å². The van der Waals surface area contributed by atoms with Gasteiger partial charge in [-0.05, 0) is 51.3 Å². The topological polar surface area (TPSA) is 28.4 Å². The van der Waals surface area contributed by atoms with Crippen LogP contribution in [-0.4, -0.2) is 29.6 Å². The third-order valence-electron chi connectivity index (χ3n) is 4.01. The predicted octanol–water partition coefficient (Wildman–Crippen LogP) is 2.39. The summed E-state index contributed by atoms with van der Waals surface area (Å²) in [6, 6.07) is 4.86.